The van der Waals surface area contributed by atoms with Crippen LogP contribution in [0.2, 0.25) is 0 Å². The molecule has 0 aliphatic carbocycles. The summed E-state index contributed by atoms with van der Waals surface area (Å²) in [5.41, 5.74) is -0.0469. The van der Waals surface area contributed by atoms with Crippen LogP contribution in [-0.4, -0.2) is 26.2 Å². The number of aromatic nitrogens is 2. The quantitative estimate of drug-likeness (QED) is 0.786. The Kier molecular flexibility index (Phi) is 3.70. The minimum atomic E-state index is -0.906. The molecule has 1 atom stereocenters. The second kappa shape index (κ2) is 4.65. The highest BCUT2D eigenvalue weighted by Crippen LogP contribution is 2.17. The Labute approximate surface area is 95.1 Å². The second-order valence-electron chi connectivity index (χ2n) is 4.77. The largest absolute Gasteiger partial charge is 0.460 e. The van der Waals surface area contributed by atoms with Crippen LogP contribution >= 0.6 is 0 Å². The highest BCUT2D eigenvalue weighted by Gasteiger charge is 2.21. The monoisotopic (exact) mass is 226 g/mol. The highest BCUT2D eigenvalue weighted by atomic mass is 16.6. The number of carbonyl (C=O) groups is 1. The average molecular weight is 226 g/mol. The predicted molar refractivity (Wildman–Crippen MR) is 58.6 cm³/mol. The Morgan fingerprint density at radius 3 is 2.69 bits per heavy atom. The number of hydrogen-bond donors (Lipinski definition) is 1. The number of carbonyl (C=O) groups excluding carboxylic acids is 1. The molecule has 0 amide bonds. The van der Waals surface area contributed by atoms with Crippen molar-refractivity contribution >= 4 is 5.97 Å². The van der Waals surface area contributed by atoms with Gasteiger partial charge in [0.25, 0.3) is 0 Å². The lowest BCUT2D eigenvalue weighted by Crippen LogP contribution is -2.25. The van der Waals surface area contributed by atoms with Gasteiger partial charge in [0.05, 0.1) is 18.4 Å². The van der Waals surface area contributed by atoms with Crippen LogP contribution in [0.3, 0.4) is 0 Å². The summed E-state index contributed by atoms with van der Waals surface area (Å²) in [7, 11) is 1.80. The van der Waals surface area contributed by atoms with E-state index in [1.54, 1.807) is 44.9 Å². The van der Waals surface area contributed by atoms with Crippen LogP contribution in [0.5, 0.6) is 0 Å². The molecule has 16 heavy (non-hydrogen) atoms. The molecule has 1 aromatic heterocycles. The number of aliphatic hydroxyl groups excluding tert-OH is 1. The first-order chi connectivity index (χ1) is 7.28. The van der Waals surface area contributed by atoms with Gasteiger partial charge in [-0.05, 0) is 20.8 Å². The summed E-state index contributed by atoms with van der Waals surface area (Å²) >= 11 is 0. The molecular formula is C11H18N2O3. The van der Waals surface area contributed by atoms with Crippen LogP contribution in [0.25, 0.3) is 0 Å². The smallest absolute Gasteiger partial charge is 0.309 e. The zero-order valence-corrected chi connectivity index (χ0v) is 10.1. The van der Waals surface area contributed by atoms with Crippen LogP contribution in [-0.2, 0) is 16.6 Å². The third-order valence-electron chi connectivity index (χ3n) is 1.85. The van der Waals surface area contributed by atoms with Gasteiger partial charge in [0.1, 0.15) is 11.7 Å². The molecule has 1 rings (SSSR count). The summed E-state index contributed by atoms with van der Waals surface area (Å²) in [6, 6.07) is 0. The van der Waals surface area contributed by atoms with Gasteiger partial charge in [0.2, 0.25) is 0 Å². The highest BCUT2D eigenvalue weighted by molar-refractivity contribution is 5.70. The van der Waals surface area contributed by atoms with E-state index in [4.69, 9.17) is 4.74 Å². The predicted octanol–water partition coefficient (Wildman–Crippen LogP) is 1.19. The van der Waals surface area contributed by atoms with Crippen LogP contribution in [0.1, 0.15) is 39.0 Å². The number of aliphatic hydroxyl groups is 1. The maximum absolute atomic E-state index is 11.4. The number of ether oxygens (including phenoxy) is 1. The number of rotatable bonds is 3. The summed E-state index contributed by atoms with van der Waals surface area (Å²) in [5.74, 6) is -0.425. The first-order valence-electron chi connectivity index (χ1n) is 5.16. The van der Waals surface area contributed by atoms with Crippen LogP contribution < -0.4 is 0 Å². The zero-order chi connectivity index (χ0) is 12.3. The summed E-state index contributed by atoms with van der Waals surface area (Å²) in [5, 5.41) is 9.72. The summed E-state index contributed by atoms with van der Waals surface area (Å²) in [4.78, 5) is 15.4. The minimum Gasteiger partial charge on any atom is -0.460 e. The van der Waals surface area contributed by atoms with E-state index in [0.717, 1.165) is 0 Å². The third-order valence-corrected chi connectivity index (χ3v) is 1.85. The van der Waals surface area contributed by atoms with Gasteiger partial charge in [-0.15, -0.1) is 0 Å². The van der Waals surface area contributed by atoms with Crippen molar-refractivity contribution in [3.63, 3.8) is 0 Å². The van der Waals surface area contributed by atoms with Gasteiger partial charge < -0.3 is 14.4 Å². The van der Waals surface area contributed by atoms with Crippen molar-refractivity contribution in [3.05, 3.63) is 18.2 Å². The van der Waals surface area contributed by atoms with Crippen molar-refractivity contribution in [1.82, 2.24) is 9.55 Å². The van der Waals surface area contributed by atoms with Gasteiger partial charge in [0, 0.05) is 13.2 Å². The standard InChI is InChI=1S/C11H18N2O3/c1-11(2,3)16-10(15)5-9(14)8-6-13(4)7-12-8/h6-7,9,14H,5H2,1-4H3. The number of esters is 1. The Bertz CT molecular complexity index is 366. The van der Waals surface area contributed by atoms with E-state index in [1.807, 2.05) is 0 Å². The molecule has 0 fully saturated rings. The van der Waals surface area contributed by atoms with Crippen molar-refractivity contribution in [1.29, 1.82) is 0 Å². The lowest BCUT2D eigenvalue weighted by atomic mass is 10.1. The fourth-order valence-corrected chi connectivity index (χ4v) is 1.25. The van der Waals surface area contributed by atoms with Crippen LogP contribution in [0.15, 0.2) is 12.5 Å². The molecule has 90 valence electrons. The van der Waals surface area contributed by atoms with Crippen LogP contribution in [0, 0.1) is 0 Å². The van der Waals surface area contributed by atoms with E-state index >= 15 is 0 Å². The Morgan fingerprint density at radius 2 is 2.25 bits per heavy atom. The van der Waals surface area contributed by atoms with E-state index in [2.05, 4.69) is 4.98 Å². The van der Waals surface area contributed by atoms with Gasteiger partial charge in [-0.2, -0.15) is 0 Å². The molecule has 1 N–H and O–H groups in total. The van der Waals surface area contributed by atoms with Gasteiger partial charge in [-0.1, -0.05) is 0 Å². The minimum absolute atomic E-state index is 0.0751. The van der Waals surface area contributed by atoms with E-state index in [1.165, 1.54) is 0 Å². The van der Waals surface area contributed by atoms with Gasteiger partial charge >= 0.3 is 5.97 Å². The molecule has 0 saturated heterocycles. The number of hydrogen-bond acceptors (Lipinski definition) is 4. The normalized spacial score (nSPS) is 13.6. The van der Waals surface area contributed by atoms with Gasteiger partial charge in [-0.3, -0.25) is 4.79 Å². The fraction of sp³-hybridized carbons (Fsp3) is 0.636. The van der Waals surface area contributed by atoms with Gasteiger partial charge in [-0.25, -0.2) is 4.98 Å². The lowest BCUT2D eigenvalue weighted by Gasteiger charge is -2.20. The molecule has 0 aromatic carbocycles. The summed E-state index contributed by atoms with van der Waals surface area (Å²) < 4.78 is 6.82. The fourth-order valence-electron chi connectivity index (χ4n) is 1.25. The number of imidazole rings is 1. The molecule has 0 radical (unpaired) electrons. The van der Waals surface area contributed by atoms with Gasteiger partial charge in [0.15, 0.2) is 0 Å². The molecule has 1 aromatic rings. The molecular weight excluding hydrogens is 208 g/mol. The topological polar surface area (TPSA) is 64.3 Å². The number of aryl methyl sites for hydroxylation is 1. The van der Waals surface area contributed by atoms with Crippen molar-refractivity contribution in [2.45, 2.75) is 38.9 Å². The molecule has 0 saturated carbocycles. The Hall–Kier alpha value is -1.36. The molecule has 0 spiro atoms. The lowest BCUT2D eigenvalue weighted by molar-refractivity contribution is -0.157. The third kappa shape index (κ3) is 4.02. The maximum Gasteiger partial charge on any atom is 0.309 e. The molecule has 0 aliphatic rings. The second-order valence-corrected chi connectivity index (χ2v) is 4.77. The van der Waals surface area contributed by atoms with E-state index in [-0.39, 0.29) is 6.42 Å². The van der Waals surface area contributed by atoms with Crippen molar-refractivity contribution in [2.24, 2.45) is 7.05 Å². The van der Waals surface area contributed by atoms with Crippen molar-refractivity contribution in [3.8, 4) is 0 Å². The first kappa shape index (κ1) is 12.7. The average Bonchev–Trinajstić information content (AvgIpc) is 2.47. The maximum atomic E-state index is 11.4. The summed E-state index contributed by atoms with van der Waals surface area (Å²) in [6.45, 7) is 5.37. The first-order valence-corrected chi connectivity index (χ1v) is 5.16. The molecule has 1 unspecified atom stereocenters. The molecule has 1 heterocycles. The zero-order valence-electron chi connectivity index (χ0n) is 10.1. The summed E-state index contributed by atoms with van der Waals surface area (Å²) in [6.07, 6.45) is 2.27. The molecule has 0 bridgehead atoms. The SMILES string of the molecule is Cn1cnc(C(O)CC(=O)OC(C)(C)C)c1. The van der Waals surface area contributed by atoms with E-state index in [0.29, 0.717) is 5.69 Å². The van der Waals surface area contributed by atoms with Crippen LogP contribution in [0.4, 0.5) is 0 Å². The molecule has 0 aliphatic heterocycles. The van der Waals surface area contributed by atoms with Crippen molar-refractivity contribution < 1.29 is 14.6 Å². The molecule has 5 heteroatoms. The van der Waals surface area contributed by atoms with E-state index in [9.17, 15) is 9.90 Å². The number of nitrogens with zero attached hydrogens (tertiary/aromatic N) is 2. The van der Waals surface area contributed by atoms with E-state index < -0.39 is 17.7 Å². The van der Waals surface area contributed by atoms with Crippen molar-refractivity contribution in [2.75, 3.05) is 0 Å². The Morgan fingerprint density at radius 1 is 1.62 bits per heavy atom. The molecule has 5 nitrogen and oxygen atoms in total. The Balaban J connectivity index is 2.52.